The molecule has 2 unspecified atom stereocenters. The van der Waals surface area contributed by atoms with Crippen molar-refractivity contribution in [3.05, 3.63) is 42.0 Å². The van der Waals surface area contributed by atoms with Crippen LogP contribution in [-0.2, 0) is 19.1 Å². The maximum absolute atomic E-state index is 12.3. The Balaban J connectivity index is 2.43. The van der Waals surface area contributed by atoms with Gasteiger partial charge in [0, 0.05) is 23.2 Å². The maximum Gasteiger partial charge on any atom is 0.333 e. The number of carbonyl (C=O) groups excluding carboxylic acids is 2. The summed E-state index contributed by atoms with van der Waals surface area (Å²) in [4.78, 5) is 34.2. The number of hydrogen-bond acceptors (Lipinski definition) is 6. The smallest absolute Gasteiger partial charge is 0.333 e. The van der Waals surface area contributed by atoms with E-state index in [1.807, 2.05) is 0 Å². The summed E-state index contributed by atoms with van der Waals surface area (Å²) in [6, 6.07) is 6.51. The predicted octanol–water partition coefficient (Wildman–Crippen LogP) is 2.67. The molecule has 0 radical (unpaired) electrons. The van der Waals surface area contributed by atoms with E-state index in [0.717, 1.165) is 0 Å². The second-order valence-electron chi connectivity index (χ2n) is 5.99. The van der Waals surface area contributed by atoms with E-state index in [4.69, 9.17) is 14.6 Å². The van der Waals surface area contributed by atoms with Crippen LogP contribution in [0.5, 0.6) is 0 Å². The SMILES string of the molecule is C=C(C)C(=O)OC(C)CCOC(C)C(=O)c1ccc(NCC(=O)O)cc1. The van der Waals surface area contributed by atoms with E-state index in [0.29, 0.717) is 23.2 Å². The van der Waals surface area contributed by atoms with Gasteiger partial charge in [-0.1, -0.05) is 6.58 Å². The lowest BCUT2D eigenvalue weighted by atomic mass is 10.1. The molecule has 1 aromatic carbocycles. The molecule has 2 N–H and O–H groups in total. The second kappa shape index (κ2) is 10.4. The summed E-state index contributed by atoms with van der Waals surface area (Å²) in [6.45, 7) is 8.58. The molecule has 0 amide bonds. The minimum atomic E-state index is -0.963. The van der Waals surface area contributed by atoms with Gasteiger partial charge in [-0.2, -0.15) is 0 Å². The van der Waals surface area contributed by atoms with Crippen molar-refractivity contribution in [1.82, 2.24) is 0 Å². The minimum Gasteiger partial charge on any atom is -0.480 e. The summed E-state index contributed by atoms with van der Waals surface area (Å²) in [5.41, 5.74) is 1.42. The number of ether oxygens (including phenoxy) is 2. The Morgan fingerprint density at radius 3 is 2.35 bits per heavy atom. The molecule has 1 aromatic rings. The molecule has 0 aromatic heterocycles. The first-order valence-electron chi connectivity index (χ1n) is 8.28. The number of esters is 1. The predicted molar refractivity (Wildman–Crippen MR) is 97.3 cm³/mol. The van der Waals surface area contributed by atoms with Gasteiger partial charge in [-0.05, 0) is 45.0 Å². The summed E-state index contributed by atoms with van der Waals surface area (Å²) < 4.78 is 10.7. The molecular formula is C19H25NO6. The molecule has 0 heterocycles. The molecule has 0 fully saturated rings. The topological polar surface area (TPSA) is 102 Å². The molecule has 0 aliphatic carbocycles. The third kappa shape index (κ3) is 7.48. The van der Waals surface area contributed by atoms with Gasteiger partial charge in [0.25, 0.3) is 0 Å². The average Bonchev–Trinajstić information content (AvgIpc) is 2.59. The molecule has 0 aliphatic rings. The fraction of sp³-hybridized carbons (Fsp3) is 0.421. The number of benzene rings is 1. The van der Waals surface area contributed by atoms with Gasteiger partial charge in [0.05, 0.1) is 6.61 Å². The fourth-order valence-corrected chi connectivity index (χ4v) is 1.99. The first kappa shape index (κ1) is 21.4. The van der Waals surface area contributed by atoms with Crippen molar-refractivity contribution in [2.75, 3.05) is 18.5 Å². The Hall–Kier alpha value is -2.67. The third-order valence-corrected chi connectivity index (χ3v) is 3.53. The number of Topliss-reactive ketones (excluding diaryl/α,β-unsaturated/α-hetero) is 1. The number of carboxylic acids is 1. The molecule has 7 heteroatoms. The highest BCUT2D eigenvalue weighted by Gasteiger charge is 2.17. The van der Waals surface area contributed by atoms with Gasteiger partial charge in [-0.25, -0.2) is 4.79 Å². The Morgan fingerprint density at radius 1 is 1.19 bits per heavy atom. The van der Waals surface area contributed by atoms with Gasteiger partial charge < -0.3 is 19.9 Å². The average molecular weight is 363 g/mol. The first-order valence-corrected chi connectivity index (χ1v) is 8.28. The van der Waals surface area contributed by atoms with Crippen LogP contribution in [0.15, 0.2) is 36.4 Å². The number of aliphatic carboxylic acids is 1. The molecule has 0 saturated carbocycles. The van der Waals surface area contributed by atoms with Crippen molar-refractivity contribution in [3.63, 3.8) is 0 Å². The van der Waals surface area contributed by atoms with Gasteiger partial charge in [0.15, 0.2) is 5.78 Å². The van der Waals surface area contributed by atoms with E-state index < -0.39 is 18.0 Å². The van der Waals surface area contributed by atoms with Crippen molar-refractivity contribution in [2.45, 2.75) is 39.4 Å². The largest absolute Gasteiger partial charge is 0.480 e. The number of hydrogen-bond donors (Lipinski definition) is 2. The number of ketones is 1. The van der Waals surface area contributed by atoms with Crippen molar-refractivity contribution in [1.29, 1.82) is 0 Å². The molecule has 0 saturated heterocycles. The first-order chi connectivity index (χ1) is 12.2. The molecule has 0 spiro atoms. The third-order valence-electron chi connectivity index (χ3n) is 3.53. The van der Waals surface area contributed by atoms with Crippen LogP contribution in [0.1, 0.15) is 37.6 Å². The highest BCUT2D eigenvalue weighted by atomic mass is 16.5. The van der Waals surface area contributed by atoms with Crippen LogP contribution >= 0.6 is 0 Å². The zero-order valence-electron chi connectivity index (χ0n) is 15.3. The van der Waals surface area contributed by atoms with Crippen molar-refractivity contribution in [2.24, 2.45) is 0 Å². The number of anilines is 1. The molecule has 0 aliphatic heterocycles. The van der Waals surface area contributed by atoms with Gasteiger partial charge >= 0.3 is 11.9 Å². The lowest BCUT2D eigenvalue weighted by Crippen LogP contribution is -2.24. The maximum atomic E-state index is 12.3. The van der Waals surface area contributed by atoms with E-state index in [2.05, 4.69) is 11.9 Å². The van der Waals surface area contributed by atoms with Crippen LogP contribution in [-0.4, -0.2) is 48.2 Å². The van der Waals surface area contributed by atoms with Crippen LogP contribution in [0.2, 0.25) is 0 Å². The fourth-order valence-electron chi connectivity index (χ4n) is 1.99. The van der Waals surface area contributed by atoms with Gasteiger partial charge in [0.1, 0.15) is 18.8 Å². The molecule has 2 atom stereocenters. The summed E-state index contributed by atoms with van der Waals surface area (Å²) in [7, 11) is 0. The molecular weight excluding hydrogens is 338 g/mol. The molecule has 7 nitrogen and oxygen atoms in total. The molecule has 26 heavy (non-hydrogen) atoms. The Morgan fingerprint density at radius 2 is 1.81 bits per heavy atom. The van der Waals surface area contributed by atoms with Crippen LogP contribution in [0, 0.1) is 0 Å². The summed E-state index contributed by atoms with van der Waals surface area (Å²) >= 11 is 0. The lowest BCUT2D eigenvalue weighted by Gasteiger charge is -2.16. The number of carbonyl (C=O) groups is 3. The normalized spacial score (nSPS) is 12.7. The summed E-state index contributed by atoms with van der Waals surface area (Å²) in [6.07, 6.45) is -0.507. The van der Waals surface area contributed by atoms with E-state index >= 15 is 0 Å². The quantitative estimate of drug-likeness (QED) is 0.354. The Kier molecular flexibility index (Phi) is 8.51. The lowest BCUT2D eigenvalue weighted by molar-refractivity contribution is -0.144. The number of rotatable bonds is 11. The van der Waals surface area contributed by atoms with Crippen molar-refractivity contribution < 1.29 is 29.0 Å². The molecule has 0 bridgehead atoms. The highest BCUT2D eigenvalue weighted by molar-refractivity contribution is 5.99. The molecule has 142 valence electrons. The van der Waals surface area contributed by atoms with Crippen molar-refractivity contribution in [3.8, 4) is 0 Å². The van der Waals surface area contributed by atoms with E-state index in [1.54, 1.807) is 45.0 Å². The number of carboxylic acid groups (broad SMARTS) is 1. The standard InChI is InChI=1S/C19H25NO6/c1-12(2)19(24)26-13(3)9-10-25-14(4)18(23)15-5-7-16(8-6-15)20-11-17(21)22/h5-8,13-14,20H,1,9-11H2,2-4H3,(H,21,22). The minimum absolute atomic E-state index is 0.179. The summed E-state index contributed by atoms with van der Waals surface area (Å²) in [5.74, 6) is -1.59. The van der Waals surface area contributed by atoms with Gasteiger partial charge in [-0.3, -0.25) is 9.59 Å². The van der Waals surface area contributed by atoms with E-state index in [9.17, 15) is 14.4 Å². The van der Waals surface area contributed by atoms with Crippen LogP contribution < -0.4 is 5.32 Å². The van der Waals surface area contributed by atoms with Crippen LogP contribution in [0.25, 0.3) is 0 Å². The molecule has 1 rings (SSSR count). The summed E-state index contributed by atoms with van der Waals surface area (Å²) in [5, 5.41) is 11.3. The highest BCUT2D eigenvalue weighted by Crippen LogP contribution is 2.13. The van der Waals surface area contributed by atoms with Crippen LogP contribution in [0.4, 0.5) is 5.69 Å². The van der Waals surface area contributed by atoms with E-state index in [1.165, 1.54) is 0 Å². The van der Waals surface area contributed by atoms with Gasteiger partial charge in [-0.15, -0.1) is 0 Å². The zero-order valence-corrected chi connectivity index (χ0v) is 15.3. The number of nitrogens with one attached hydrogen (secondary N) is 1. The van der Waals surface area contributed by atoms with Crippen LogP contribution in [0.3, 0.4) is 0 Å². The monoisotopic (exact) mass is 363 g/mol. The van der Waals surface area contributed by atoms with Crippen molar-refractivity contribution >= 4 is 23.4 Å². The van der Waals surface area contributed by atoms with Gasteiger partial charge in [0.2, 0.25) is 0 Å². The second-order valence-corrected chi connectivity index (χ2v) is 5.99. The Bertz CT molecular complexity index is 652. The zero-order chi connectivity index (χ0) is 19.7. The van der Waals surface area contributed by atoms with E-state index in [-0.39, 0.29) is 25.0 Å². The Labute approximate surface area is 153 Å².